The number of amides is 1. The van der Waals surface area contributed by atoms with Crippen LogP contribution in [0.2, 0.25) is 0 Å². The van der Waals surface area contributed by atoms with Crippen LogP contribution in [0.4, 0.5) is 18.9 Å². The third-order valence-electron chi connectivity index (χ3n) is 7.09. The predicted octanol–water partition coefficient (Wildman–Crippen LogP) is 6.57. The Hall–Kier alpha value is -2.78. The second-order valence-corrected chi connectivity index (χ2v) is 11.1. The van der Waals surface area contributed by atoms with Crippen LogP contribution in [0.3, 0.4) is 0 Å². The van der Waals surface area contributed by atoms with Crippen molar-refractivity contribution in [1.29, 1.82) is 0 Å². The van der Waals surface area contributed by atoms with Gasteiger partial charge >= 0.3 is 6.18 Å². The smallest absolute Gasteiger partial charge is 0.302 e. The van der Waals surface area contributed by atoms with Gasteiger partial charge in [-0.1, -0.05) is 43.9 Å². The Morgan fingerprint density at radius 1 is 1.18 bits per heavy atom. The highest BCUT2D eigenvalue weighted by molar-refractivity contribution is 7.97. The van der Waals surface area contributed by atoms with E-state index >= 15 is 0 Å². The van der Waals surface area contributed by atoms with E-state index in [0.29, 0.717) is 29.4 Å². The van der Waals surface area contributed by atoms with Gasteiger partial charge in [-0.2, -0.15) is 13.2 Å². The topological polar surface area (TPSA) is 36.4 Å². The zero-order chi connectivity index (χ0) is 27.4. The fourth-order valence-electron chi connectivity index (χ4n) is 4.66. The van der Waals surface area contributed by atoms with E-state index in [2.05, 4.69) is 23.1 Å². The molecular weight excluding hydrogens is 506 g/mol. The Morgan fingerprint density at radius 3 is 2.58 bits per heavy atom. The minimum Gasteiger partial charge on any atom is -0.302 e. The Kier molecular flexibility index (Phi) is 8.88. The summed E-state index contributed by atoms with van der Waals surface area (Å²) in [5, 5.41) is 0. The Morgan fingerprint density at radius 2 is 1.92 bits per heavy atom. The Bertz CT molecular complexity index is 1270. The lowest BCUT2D eigenvalue weighted by atomic mass is 9.95. The van der Waals surface area contributed by atoms with Gasteiger partial charge in [-0.15, -0.1) is 0 Å². The monoisotopic (exact) mass is 537 g/mol. The summed E-state index contributed by atoms with van der Waals surface area (Å²) in [6.45, 7) is 7.46. The Labute approximate surface area is 228 Å². The number of hydrogen-bond acceptors (Lipinski definition) is 4. The largest absolute Gasteiger partial charge is 0.416 e. The van der Waals surface area contributed by atoms with Crippen molar-refractivity contribution in [2.45, 2.75) is 63.7 Å². The number of anilines is 1. The SMILES string of the molecule is [B]c1ccnc(C(=O)N2c3cccc(C)c3CN(Sc3ccc(C(F)(F)F)cc3)CC2CCC(C)CC)c1. The molecule has 2 heterocycles. The van der Waals surface area contributed by atoms with Crippen molar-refractivity contribution < 1.29 is 18.0 Å². The third kappa shape index (κ3) is 6.61. The number of aryl methyl sites for hydroxylation is 1. The molecule has 4 nitrogen and oxygen atoms in total. The molecule has 2 unspecified atom stereocenters. The van der Waals surface area contributed by atoms with Gasteiger partial charge in [0.1, 0.15) is 13.5 Å². The molecule has 1 aromatic heterocycles. The van der Waals surface area contributed by atoms with E-state index in [9.17, 15) is 18.0 Å². The van der Waals surface area contributed by atoms with Gasteiger partial charge in [0.05, 0.1) is 11.6 Å². The average molecular weight is 537 g/mol. The second kappa shape index (κ2) is 12.0. The number of fused-ring (bicyclic) bond motifs is 1. The normalized spacial score (nSPS) is 17.1. The maximum absolute atomic E-state index is 14.0. The number of aromatic nitrogens is 1. The van der Waals surface area contributed by atoms with Crippen LogP contribution in [0, 0.1) is 12.8 Å². The van der Waals surface area contributed by atoms with Gasteiger partial charge in [0, 0.05) is 29.9 Å². The van der Waals surface area contributed by atoms with E-state index in [4.69, 9.17) is 7.85 Å². The summed E-state index contributed by atoms with van der Waals surface area (Å²) in [6, 6.07) is 14.3. The molecule has 9 heteroatoms. The van der Waals surface area contributed by atoms with Gasteiger partial charge in [-0.05, 0) is 85.2 Å². The number of hydrogen-bond donors (Lipinski definition) is 0. The zero-order valence-corrected chi connectivity index (χ0v) is 22.6. The summed E-state index contributed by atoms with van der Waals surface area (Å²) in [5.41, 5.74) is 2.98. The first-order chi connectivity index (χ1) is 18.1. The molecule has 2 aromatic carbocycles. The second-order valence-electron chi connectivity index (χ2n) is 9.90. The highest BCUT2D eigenvalue weighted by Gasteiger charge is 2.35. The first kappa shape index (κ1) is 28.2. The van der Waals surface area contributed by atoms with Crippen LogP contribution < -0.4 is 10.4 Å². The van der Waals surface area contributed by atoms with Gasteiger partial charge in [0.25, 0.3) is 5.91 Å². The summed E-state index contributed by atoms with van der Waals surface area (Å²) < 4.78 is 41.4. The van der Waals surface area contributed by atoms with E-state index in [1.165, 1.54) is 24.1 Å². The van der Waals surface area contributed by atoms with E-state index in [0.717, 1.165) is 48.2 Å². The minimum absolute atomic E-state index is 0.162. The molecule has 0 saturated heterocycles. The van der Waals surface area contributed by atoms with Crippen molar-refractivity contribution >= 4 is 36.9 Å². The fraction of sp³-hybridized carbons (Fsp3) is 0.379. The first-order valence-electron chi connectivity index (χ1n) is 12.8. The summed E-state index contributed by atoms with van der Waals surface area (Å²) in [5.74, 6) is 0.286. The van der Waals surface area contributed by atoms with E-state index < -0.39 is 11.7 Å². The van der Waals surface area contributed by atoms with Gasteiger partial charge < -0.3 is 4.90 Å². The predicted molar refractivity (Wildman–Crippen MR) is 148 cm³/mol. The molecule has 0 fully saturated rings. The van der Waals surface area contributed by atoms with Crippen molar-refractivity contribution in [3.8, 4) is 0 Å². The number of carbonyl (C=O) groups is 1. The number of pyridine rings is 1. The molecule has 1 aliphatic heterocycles. The number of carbonyl (C=O) groups excluding carboxylic acids is 1. The minimum atomic E-state index is -4.38. The molecule has 1 aliphatic rings. The molecule has 38 heavy (non-hydrogen) atoms. The molecule has 0 saturated carbocycles. The quantitative estimate of drug-likeness (QED) is 0.253. The number of benzene rings is 2. The number of nitrogens with zero attached hydrogens (tertiary/aromatic N) is 3. The standard InChI is InChI=1S/C29H31BF3N3OS/c1-4-19(2)8-11-23-17-35(38-24-12-9-21(10-13-24)29(31,32)33)18-25-20(3)6-5-7-27(25)36(23)28(37)26-16-22(30)14-15-34-26/h5-7,9-10,12-16,19,23H,4,8,11,17-18H2,1-3H3. The molecule has 2 atom stereocenters. The van der Waals surface area contributed by atoms with E-state index in [1.54, 1.807) is 18.3 Å². The van der Waals surface area contributed by atoms with Gasteiger partial charge in [0.15, 0.2) is 0 Å². The molecule has 4 rings (SSSR count). The Balaban J connectivity index is 1.72. The molecule has 0 spiro atoms. The molecule has 0 N–H and O–H groups in total. The van der Waals surface area contributed by atoms with Crippen LogP contribution in [0.5, 0.6) is 0 Å². The van der Waals surface area contributed by atoms with E-state index in [1.807, 2.05) is 30.0 Å². The summed E-state index contributed by atoms with van der Waals surface area (Å²) in [6.07, 6.45) is -0.0793. The zero-order valence-electron chi connectivity index (χ0n) is 21.8. The number of alkyl halides is 3. The average Bonchev–Trinajstić information content (AvgIpc) is 3.04. The summed E-state index contributed by atoms with van der Waals surface area (Å²) in [7, 11) is 5.98. The first-order valence-corrected chi connectivity index (χ1v) is 13.6. The lowest BCUT2D eigenvalue weighted by Crippen LogP contribution is -2.45. The maximum Gasteiger partial charge on any atom is 0.416 e. The van der Waals surface area contributed by atoms with Crippen molar-refractivity contribution in [2.24, 2.45) is 5.92 Å². The van der Waals surface area contributed by atoms with Crippen molar-refractivity contribution in [3.05, 3.63) is 83.2 Å². The molecule has 198 valence electrons. The number of halogens is 3. The van der Waals surface area contributed by atoms with Crippen LogP contribution in [-0.2, 0) is 12.7 Å². The lowest BCUT2D eigenvalue weighted by molar-refractivity contribution is -0.137. The highest BCUT2D eigenvalue weighted by Crippen LogP contribution is 2.38. The van der Waals surface area contributed by atoms with E-state index in [-0.39, 0.29) is 17.6 Å². The molecule has 1 amide bonds. The van der Waals surface area contributed by atoms with Crippen LogP contribution in [-0.4, -0.2) is 35.6 Å². The van der Waals surface area contributed by atoms with Crippen LogP contribution in [0.25, 0.3) is 0 Å². The molecule has 0 bridgehead atoms. The fourth-order valence-corrected chi connectivity index (χ4v) is 5.66. The third-order valence-corrected chi connectivity index (χ3v) is 8.11. The number of rotatable bonds is 7. The molecule has 3 aromatic rings. The van der Waals surface area contributed by atoms with Crippen LogP contribution in [0.1, 0.15) is 60.3 Å². The maximum atomic E-state index is 14.0. The van der Waals surface area contributed by atoms with Crippen molar-refractivity contribution in [1.82, 2.24) is 9.29 Å². The van der Waals surface area contributed by atoms with Gasteiger partial charge in [-0.3, -0.25) is 9.78 Å². The lowest BCUT2D eigenvalue weighted by Gasteiger charge is -2.33. The summed E-state index contributed by atoms with van der Waals surface area (Å²) in [4.78, 5) is 20.9. The van der Waals surface area contributed by atoms with Crippen LogP contribution >= 0.6 is 11.9 Å². The molecule has 2 radical (unpaired) electrons. The summed E-state index contributed by atoms with van der Waals surface area (Å²) >= 11 is 1.42. The molecular formula is C29H31BF3N3OS. The van der Waals surface area contributed by atoms with Gasteiger partial charge in [0.2, 0.25) is 0 Å². The van der Waals surface area contributed by atoms with Crippen molar-refractivity contribution in [3.63, 3.8) is 0 Å². The van der Waals surface area contributed by atoms with Gasteiger partial charge in [-0.25, -0.2) is 4.31 Å². The highest BCUT2D eigenvalue weighted by atomic mass is 32.2. The van der Waals surface area contributed by atoms with Crippen LogP contribution in [0.15, 0.2) is 65.7 Å². The van der Waals surface area contributed by atoms with Crippen molar-refractivity contribution in [2.75, 3.05) is 11.4 Å². The molecule has 0 aliphatic carbocycles.